The fourth-order valence-corrected chi connectivity index (χ4v) is 3.79. The van der Waals surface area contributed by atoms with Gasteiger partial charge >= 0.3 is 0 Å². The van der Waals surface area contributed by atoms with Gasteiger partial charge < -0.3 is 24.3 Å². The second-order valence-electron chi connectivity index (χ2n) is 6.49. The van der Waals surface area contributed by atoms with Gasteiger partial charge in [0.1, 0.15) is 5.75 Å². The van der Waals surface area contributed by atoms with Crippen LogP contribution in [0.2, 0.25) is 0 Å². The van der Waals surface area contributed by atoms with Gasteiger partial charge in [0, 0.05) is 25.2 Å². The highest BCUT2D eigenvalue weighted by molar-refractivity contribution is 7.99. The highest BCUT2D eigenvalue weighted by atomic mass is 32.2. The summed E-state index contributed by atoms with van der Waals surface area (Å²) in [6, 6.07) is 6.92. The Balaban J connectivity index is 1.61. The zero-order valence-electron chi connectivity index (χ0n) is 16.9. The Morgan fingerprint density at radius 3 is 2.87 bits per heavy atom. The zero-order valence-corrected chi connectivity index (χ0v) is 17.7. The molecule has 1 saturated heterocycles. The molecule has 0 aliphatic carbocycles. The number of morpholine rings is 1. The Hall–Kier alpha value is -2.85. The molecule has 1 N–H and O–H groups in total. The van der Waals surface area contributed by atoms with E-state index in [2.05, 4.69) is 22.1 Å². The van der Waals surface area contributed by atoms with Crippen LogP contribution >= 0.6 is 11.8 Å². The molecule has 3 rings (SSSR count). The van der Waals surface area contributed by atoms with Crippen molar-refractivity contribution in [3.05, 3.63) is 48.3 Å². The molecule has 0 spiro atoms. The number of amides is 2. The van der Waals surface area contributed by atoms with Crippen LogP contribution in [-0.4, -0.2) is 70.6 Å². The summed E-state index contributed by atoms with van der Waals surface area (Å²) in [4.78, 5) is 26.6. The molecule has 1 aliphatic rings. The smallest absolute Gasteiger partial charge is 0.251 e. The van der Waals surface area contributed by atoms with Crippen molar-refractivity contribution in [1.29, 1.82) is 0 Å². The van der Waals surface area contributed by atoms with Crippen LogP contribution in [0.3, 0.4) is 0 Å². The van der Waals surface area contributed by atoms with Crippen LogP contribution in [0.1, 0.15) is 16.2 Å². The number of allylic oxidation sites excluding steroid dienone is 1. The highest BCUT2D eigenvalue weighted by Crippen LogP contribution is 2.18. The standard InChI is InChI=1S/C20H25N5O4S/c1-3-7-25-17(13-21-19(27)15-5-4-6-16(12-15)28-2)22-23-20(25)30-14-18(26)24-8-10-29-11-9-24/h3-6,12H,1,7-11,13-14H2,2H3,(H,21,27). The lowest BCUT2D eigenvalue weighted by atomic mass is 10.2. The van der Waals surface area contributed by atoms with Crippen molar-refractivity contribution in [2.45, 2.75) is 18.2 Å². The number of carbonyl (C=O) groups excluding carboxylic acids is 2. The van der Waals surface area contributed by atoms with Gasteiger partial charge in [-0.2, -0.15) is 0 Å². The topological polar surface area (TPSA) is 98.6 Å². The number of nitrogens with one attached hydrogen (secondary N) is 1. The van der Waals surface area contributed by atoms with Crippen LogP contribution in [0, 0.1) is 0 Å². The second-order valence-corrected chi connectivity index (χ2v) is 7.44. The van der Waals surface area contributed by atoms with E-state index in [9.17, 15) is 9.59 Å². The molecule has 1 fully saturated rings. The minimum atomic E-state index is -0.237. The molecule has 2 amide bonds. The van der Waals surface area contributed by atoms with Gasteiger partial charge in [-0.25, -0.2) is 0 Å². The van der Waals surface area contributed by atoms with Crippen molar-refractivity contribution in [2.75, 3.05) is 39.2 Å². The van der Waals surface area contributed by atoms with E-state index >= 15 is 0 Å². The molecule has 0 radical (unpaired) electrons. The molecule has 0 saturated carbocycles. The lowest BCUT2D eigenvalue weighted by molar-refractivity contribution is -0.132. The van der Waals surface area contributed by atoms with Gasteiger partial charge in [0.25, 0.3) is 5.91 Å². The molecule has 30 heavy (non-hydrogen) atoms. The van der Waals surface area contributed by atoms with Crippen LogP contribution in [0.25, 0.3) is 0 Å². The zero-order chi connectivity index (χ0) is 21.3. The molecule has 1 aliphatic heterocycles. The number of hydrogen-bond acceptors (Lipinski definition) is 7. The molecular formula is C20H25N5O4S. The average Bonchev–Trinajstić information content (AvgIpc) is 3.18. The van der Waals surface area contributed by atoms with Crippen molar-refractivity contribution in [3.63, 3.8) is 0 Å². The number of nitrogens with zero attached hydrogens (tertiary/aromatic N) is 4. The summed E-state index contributed by atoms with van der Waals surface area (Å²) in [5, 5.41) is 11.8. The SMILES string of the molecule is C=CCn1c(CNC(=O)c2cccc(OC)c2)nnc1SCC(=O)N1CCOCC1. The summed E-state index contributed by atoms with van der Waals surface area (Å²) in [5.74, 6) is 1.28. The van der Waals surface area contributed by atoms with Crippen LogP contribution in [0.4, 0.5) is 0 Å². The third-order valence-corrected chi connectivity index (χ3v) is 5.48. The minimum absolute atomic E-state index is 0.0457. The maximum absolute atomic E-state index is 12.4. The van der Waals surface area contributed by atoms with Gasteiger partial charge in [0.15, 0.2) is 11.0 Å². The summed E-state index contributed by atoms with van der Waals surface area (Å²) >= 11 is 1.33. The first-order valence-corrected chi connectivity index (χ1v) is 10.5. The number of benzene rings is 1. The third-order valence-electron chi connectivity index (χ3n) is 4.53. The van der Waals surface area contributed by atoms with E-state index in [0.717, 1.165) is 0 Å². The number of hydrogen-bond donors (Lipinski definition) is 1. The third kappa shape index (κ3) is 5.61. The molecule has 9 nitrogen and oxygen atoms in total. The summed E-state index contributed by atoms with van der Waals surface area (Å²) < 4.78 is 12.3. The maximum atomic E-state index is 12.4. The first kappa shape index (κ1) is 21.8. The summed E-state index contributed by atoms with van der Waals surface area (Å²) in [6.07, 6.45) is 1.73. The van der Waals surface area contributed by atoms with E-state index < -0.39 is 0 Å². The van der Waals surface area contributed by atoms with Crippen LogP contribution < -0.4 is 10.1 Å². The van der Waals surface area contributed by atoms with E-state index in [1.807, 2.05) is 4.57 Å². The molecule has 0 unspecified atom stereocenters. The molecule has 0 atom stereocenters. The van der Waals surface area contributed by atoms with E-state index in [1.165, 1.54) is 11.8 Å². The number of rotatable bonds is 9. The van der Waals surface area contributed by atoms with Gasteiger partial charge in [0.2, 0.25) is 5.91 Å². The lowest BCUT2D eigenvalue weighted by Crippen LogP contribution is -2.41. The Morgan fingerprint density at radius 1 is 1.33 bits per heavy atom. The van der Waals surface area contributed by atoms with Crippen molar-refractivity contribution < 1.29 is 19.1 Å². The molecular weight excluding hydrogens is 406 g/mol. The van der Waals surface area contributed by atoms with Crippen molar-refractivity contribution in [2.24, 2.45) is 0 Å². The predicted octanol–water partition coefficient (Wildman–Crippen LogP) is 1.35. The number of ether oxygens (including phenoxy) is 2. The van der Waals surface area contributed by atoms with Crippen molar-refractivity contribution >= 4 is 23.6 Å². The van der Waals surface area contributed by atoms with E-state index in [0.29, 0.717) is 55.1 Å². The molecule has 0 bridgehead atoms. The van der Waals surface area contributed by atoms with Crippen molar-refractivity contribution in [3.8, 4) is 5.75 Å². The summed E-state index contributed by atoms with van der Waals surface area (Å²) in [5.41, 5.74) is 0.495. The second kappa shape index (κ2) is 10.8. The van der Waals surface area contributed by atoms with Gasteiger partial charge in [-0.3, -0.25) is 9.59 Å². The molecule has 160 valence electrons. The van der Waals surface area contributed by atoms with Crippen molar-refractivity contribution in [1.82, 2.24) is 25.0 Å². The molecule has 1 aromatic carbocycles. The predicted molar refractivity (Wildman–Crippen MR) is 113 cm³/mol. The normalized spacial score (nSPS) is 13.7. The van der Waals surface area contributed by atoms with Gasteiger partial charge in [-0.15, -0.1) is 16.8 Å². The average molecular weight is 432 g/mol. The fraction of sp³-hybridized carbons (Fsp3) is 0.400. The van der Waals surface area contributed by atoms with Gasteiger partial charge in [-0.1, -0.05) is 23.9 Å². The monoisotopic (exact) mass is 431 g/mol. The molecule has 2 heterocycles. The Kier molecular flexibility index (Phi) is 7.86. The summed E-state index contributed by atoms with van der Waals surface area (Å²) in [6.45, 7) is 6.82. The quantitative estimate of drug-likeness (QED) is 0.473. The van der Waals surface area contributed by atoms with Gasteiger partial charge in [-0.05, 0) is 18.2 Å². The van der Waals surface area contributed by atoms with Crippen LogP contribution in [-0.2, 0) is 22.6 Å². The number of methoxy groups -OCH3 is 1. The highest BCUT2D eigenvalue weighted by Gasteiger charge is 2.19. The minimum Gasteiger partial charge on any atom is -0.497 e. The molecule has 1 aromatic heterocycles. The van der Waals surface area contributed by atoms with E-state index in [1.54, 1.807) is 42.4 Å². The first-order chi connectivity index (χ1) is 14.6. The summed E-state index contributed by atoms with van der Waals surface area (Å²) in [7, 11) is 1.55. The molecule has 10 heteroatoms. The Labute approximate surface area is 179 Å². The van der Waals surface area contributed by atoms with Crippen LogP contribution in [0.15, 0.2) is 42.1 Å². The van der Waals surface area contributed by atoms with E-state index in [-0.39, 0.29) is 24.1 Å². The maximum Gasteiger partial charge on any atom is 0.251 e. The number of carbonyl (C=O) groups is 2. The first-order valence-electron chi connectivity index (χ1n) is 9.56. The largest absolute Gasteiger partial charge is 0.497 e. The van der Waals surface area contributed by atoms with Gasteiger partial charge in [0.05, 0.1) is 32.6 Å². The number of thioether (sulfide) groups is 1. The number of aromatic nitrogens is 3. The Morgan fingerprint density at radius 2 is 2.13 bits per heavy atom. The molecule has 2 aromatic rings. The van der Waals surface area contributed by atoms with Crippen LogP contribution in [0.5, 0.6) is 5.75 Å². The Bertz CT molecular complexity index is 895. The lowest BCUT2D eigenvalue weighted by Gasteiger charge is -2.26. The fourth-order valence-electron chi connectivity index (χ4n) is 2.93. The van der Waals surface area contributed by atoms with E-state index in [4.69, 9.17) is 9.47 Å².